The first-order valence-electron chi connectivity index (χ1n) is 8.51. The first kappa shape index (κ1) is 14.8. The van der Waals surface area contributed by atoms with Gasteiger partial charge in [0.1, 0.15) is 0 Å². The second kappa shape index (κ2) is 5.92. The second-order valence-corrected chi connectivity index (χ2v) is 6.93. The summed E-state index contributed by atoms with van der Waals surface area (Å²) in [5.74, 6) is 0.392. The Hall–Kier alpha value is -1.15. The average Bonchev–Trinajstić information content (AvgIpc) is 3.01. The van der Waals surface area contributed by atoms with Gasteiger partial charge in [-0.3, -0.25) is 9.69 Å². The number of Topliss-reactive ketones (excluding diaryl/α,β-unsaturated/α-hetero) is 1. The average molecular weight is 285 g/mol. The van der Waals surface area contributed by atoms with Gasteiger partial charge in [-0.2, -0.15) is 0 Å². The van der Waals surface area contributed by atoms with E-state index in [1.165, 1.54) is 37.7 Å². The third-order valence-electron chi connectivity index (χ3n) is 5.45. The Bertz CT molecular complexity index is 522. The molecule has 2 heteroatoms. The number of carbonyl (C=O) groups is 1. The van der Waals surface area contributed by atoms with Crippen LogP contribution < -0.4 is 0 Å². The van der Waals surface area contributed by atoms with E-state index in [1.54, 1.807) is 0 Å². The van der Waals surface area contributed by atoms with Crippen LogP contribution in [0.4, 0.5) is 0 Å². The largest absolute Gasteiger partial charge is 0.292 e. The van der Waals surface area contributed by atoms with E-state index in [9.17, 15) is 4.79 Å². The minimum absolute atomic E-state index is 0.195. The van der Waals surface area contributed by atoms with E-state index in [-0.39, 0.29) is 5.54 Å². The normalized spacial score (nSPS) is 22.4. The van der Waals surface area contributed by atoms with E-state index in [0.717, 1.165) is 37.1 Å². The molecule has 1 saturated heterocycles. The summed E-state index contributed by atoms with van der Waals surface area (Å²) in [5, 5.41) is 0. The van der Waals surface area contributed by atoms with Gasteiger partial charge in [0.15, 0.2) is 5.78 Å². The van der Waals surface area contributed by atoms with Gasteiger partial charge in [0.25, 0.3) is 0 Å². The highest BCUT2D eigenvalue weighted by atomic mass is 16.1. The number of nitrogens with zero attached hydrogens (tertiary/aromatic N) is 1. The van der Waals surface area contributed by atoms with Gasteiger partial charge in [0.2, 0.25) is 0 Å². The zero-order valence-corrected chi connectivity index (χ0v) is 13.5. The van der Waals surface area contributed by atoms with Crippen molar-refractivity contribution in [1.82, 2.24) is 4.90 Å². The second-order valence-electron chi connectivity index (χ2n) is 6.93. The number of benzene rings is 1. The molecule has 1 aromatic carbocycles. The van der Waals surface area contributed by atoms with Crippen molar-refractivity contribution in [1.29, 1.82) is 0 Å². The van der Waals surface area contributed by atoms with Gasteiger partial charge in [0, 0.05) is 5.56 Å². The molecule has 0 bridgehead atoms. The summed E-state index contributed by atoms with van der Waals surface area (Å²) in [6, 6.07) is 6.30. The Kier molecular flexibility index (Phi) is 4.17. The van der Waals surface area contributed by atoms with Crippen molar-refractivity contribution in [2.45, 2.75) is 64.3 Å². The highest BCUT2D eigenvalue weighted by Gasteiger charge is 2.46. The standard InChI is InChI=1S/C19H27NO/c1-15-8-9-16(2)17(14-15)18(21)19(10-4-5-11-19)20-12-6-3-7-13-20/h8-9,14H,3-7,10-13H2,1-2H3. The summed E-state index contributed by atoms with van der Waals surface area (Å²) in [7, 11) is 0. The van der Waals surface area contributed by atoms with Crippen molar-refractivity contribution in [3.63, 3.8) is 0 Å². The summed E-state index contributed by atoms with van der Waals surface area (Å²) < 4.78 is 0. The predicted octanol–water partition coefficient (Wildman–Crippen LogP) is 4.28. The summed E-state index contributed by atoms with van der Waals surface area (Å²) in [5.41, 5.74) is 3.09. The predicted molar refractivity (Wildman–Crippen MR) is 86.9 cm³/mol. The quantitative estimate of drug-likeness (QED) is 0.772. The lowest BCUT2D eigenvalue weighted by Gasteiger charge is -2.42. The van der Waals surface area contributed by atoms with E-state index in [4.69, 9.17) is 0 Å². The lowest BCUT2D eigenvalue weighted by Crippen LogP contribution is -2.54. The van der Waals surface area contributed by atoms with E-state index in [1.807, 2.05) is 0 Å². The molecule has 0 unspecified atom stereocenters. The van der Waals surface area contributed by atoms with E-state index in [2.05, 4.69) is 36.9 Å². The first-order valence-corrected chi connectivity index (χ1v) is 8.51. The Labute approximate surface area is 128 Å². The van der Waals surface area contributed by atoms with Crippen LogP contribution >= 0.6 is 0 Å². The van der Waals surface area contributed by atoms with Gasteiger partial charge in [-0.1, -0.05) is 37.0 Å². The van der Waals surface area contributed by atoms with Crippen LogP contribution in [0.25, 0.3) is 0 Å². The molecule has 1 aliphatic carbocycles. The summed E-state index contributed by atoms with van der Waals surface area (Å²) in [4.78, 5) is 15.9. The Morgan fingerprint density at radius 3 is 2.33 bits per heavy atom. The Morgan fingerprint density at radius 2 is 1.67 bits per heavy atom. The van der Waals surface area contributed by atoms with Gasteiger partial charge in [-0.15, -0.1) is 0 Å². The third kappa shape index (κ3) is 2.66. The summed E-state index contributed by atoms with van der Waals surface area (Å²) in [6.45, 7) is 6.37. The molecule has 1 aliphatic heterocycles. The molecule has 1 heterocycles. The zero-order valence-electron chi connectivity index (χ0n) is 13.5. The fraction of sp³-hybridized carbons (Fsp3) is 0.632. The number of carbonyl (C=O) groups excluding carboxylic acids is 1. The molecule has 1 aromatic rings. The van der Waals surface area contributed by atoms with Crippen LogP contribution in [0.5, 0.6) is 0 Å². The highest BCUT2D eigenvalue weighted by Crippen LogP contribution is 2.40. The summed E-state index contributed by atoms with van der Waals surface area (Å²) in [6.07, 6.45) is 8.34. The van der Waals surface area contributed by atoms with Gasteiger partial charge in [0.05, 0.1) is 5.54 Å². The maximum atomic E-state index is 13.4. The van der Waals surface area contributed by atoms with Crippen LogP contribution in [0.2, 0.25) is 0 Å². The number of hydrogen-bond donors (Lipinski definition) is 0. The molecule has 0 N–H and O–H groups in total. The highest BCUT2D eigenvalue weighted by molar-refractivity contribution is 6.04. The van der Waals surface area contributed by atoms with E-state index < -0.39 is 0 Å². The van der Waals surface area contributed by atoms with Crippen molar-refractivity contribution >= 4 is 5.78 Å². The van der Waals surface area contributed by atoms with Crippen molar-refractivity contribution in [2.75, 3.05) is 13.1 Å². The van der Waals surface area contributed by atoms with Crippen LogP contribution in [-0.4, -0.2) is 29.3 Å². The Morgan fingerprint density at radius 1 is 1.00 bits per heavy atom. The van der Waals surface area contributed by atoms with E-state index in [0.29, 0.717) is 5.78 Å². The van der Waals surface area contributed by atoms with Crippen LogP contribution in [0.1, 0.15) is 66.4 Å². The molecule has 0 atom stereocenters. The SMILES string of the molecule is Cc1ccc(C)c(C(=O)C2(N3CCCCC3)CCCC2)c1. The topological polar surface area (TPSA) is 20.3 Å². The summed E-state index contributed by atoms with van der Waals surface area (Å²) >= 11 is 0. The molecule has 2 nitrogen and oxygen atoms in total. The maximum absolute atomic E-state index is 13.4. The number of rotatable bonds is 3. The lowest BCUT2D eigenvalue weighted by atomic mass is 9.82. The number of aryl methyl sites for hydroxylation is 2. The van der Waals surface area contributed by atoms with Gasteiger partial charge in [-0.25, -0.2) is 0 Å². The van der Waals surface area contributed by atoms with Crippen molar-refractivity contribution in [2.24, 2.45) is 0 Å². The Balaban J connectivity index is 1.96. The molecule has 21 heavy (non-hydrogen) atoms. The van der Waals surface area contributed by atoms with E-state index >= 15 is 0 Å². The number of likely N-dealkylation sites (tertiary alicyclic amines) is 1. The fourth-order valence-electron chi connectivity index (χ4n) is 4.20. The first-order chi connectivity index (χ1) is 10.1. The molecule has 3 rings (SSSR count). The molecule has 0 amide bonds. The van der Waals surface area contributed by atoms with Crippen LogP contribution in [0.15, 0.2) is 18.2 Å². The number of ketones is 1. The van der Waals surface area contributed by atoms with Gasteiger partial charge >= 0.3 is 0 Å². The van der Waals surface area contributed by atoms with Gasteiger partial charge in [-0.05, 0) is 64.3 Å². The van der Waals surface area contributed by atoms with Crippen molar-refractivity contribution in [3.8, 4) is 0 Å². The minimum atomic E-state index is -0.195. The monoisotopic (exact) mass is 285 g/mol. The zero-order chi connectivity index (χ0) is 14.9. The van der Waals surface area contributed by atoms with Crippen molar-refractivity contribution in [3.05, 3.63) is 34.9 Å². The lowest BCUT2D eigenvalue weighted by molar-refractivity contribution is 0.0476. The third-order valence-corrected chi connectivity index (χ3v) is 5.45. The number of piperidine rings is 1. The number of hydrogen-bond acceptors (Lipinski definition) is 2. The molecule has 0 radical (unpaired) electrons. The van der Waals surface area contributed by atoms with Gasteiger partial charge < -0.3 is 0 Å². The molecule has 0 aromatic heterocycles. The van der Waals surface area contributed by atoms with Crippen LogP contribution in [-0.2, 0) is 0 Å². The maximum Gasteiger partial charge on any atom is 0.183 e. The molecule has 1 saturated carbocycles. The molecule has 2 fully saturated rings. The molecular formula is C19H27NO. The van der Waals surface area contributed by atoms with Crippen molar-refractivity contribution < 1.29 is 4.79 Å². The minimum Gasteiger partial charge on any atom is -0.292 e. The molecular weight excluding hydrogens is 258 g/mol. The van der Waals surface area contributed by atoms with Crippen LogP contribution in [0.3, 0.4) is 0 Å². The molecule has 2 aliphatic rings. The smallest absolute Gasteiger partial charge is 0.183 e. The molecule has 0 spiro atoms. The van der Waals surface area contributed by atoms with Crippen LogP contribution in [0, 0.1) is 13.8 Å². The fourth-order valence-corrected chi connectivity index (χ4v) is 4.20. The molecule has 114 valence electrons.